The first kappa shape index (κ1) is 29.4. The molecule has 0 aromatic heterocycles. The molecule has 0 rings (SSSR count). The SMILES string of the molecule is O=[N+]([O-])[O-].O=[N+]([O-])[O-].[Ca+2].[Cl-].[K+]. The van der Waals surface area contributed by atoms with Gasteiger partial charge in [-0.3, -0.25) is 0 Å². The van der Waals surface area contributed by atoms with Gasteiger partial charge < -0.3 is 43.1 Å². The molecule has 0 saturated heterocycles. The molecule has 0 bridgehead atoms. The van der Waals surface area contributed by atoms with E-state index in [-0.39, 0.29) is 102 Å². The third-order valence-corrected chi connectivity index (χ3v) is 0. The second-order valence-corrected chi connectivity index (χ2v) is 0.447. The standard InChI is InChI=1S/Ca.ClH.K.2NO3/c;;;2*2-1(3)4/h;1H;;;/q+2;;+1;2*-1/p-1. The van der Waals surface area contributed by atoms with E-state index < -0.39 is 10.2 Å². The van der Waals surface area contributed by atoms with E-state index in [2.05, 4.69) is 0 Å². The van der Waals surface area contributed by atoms with Crippen molar-refractivity contribution in [1.82, 2.24) is 0 Å². The van der Waals surface area contributed by atoms with Crippen LogP contribution < -0.4 is 63.8 Å². The van der Waals surface area contributed by atoms with E-state index in [4.69, 9.17) is 30.6 Å². The zero-order valence-electron chi connectivity index (χ0n) is 5.43. The Morgan fingerprint density at radius 1 is 0.818 bits per heavy atom. The van der Waals surface area contributed by atoms with Crippen LogP contribution in [-0.2, 0) is 0 Å². The summed E-state index contributed by atoms with van der Waals surface area (Å²) in [5, 5.41) is 29.5. The average Bonchev–Trinajstić information content (AvgIpc) is 1.25. The van der Waals surface area contributed by atoms with Gasteiger partial charge in [-0.2, -0.15) is 0 Å². The van der Waals surface area contributed by atoms with Gasteiger partial charge >= 0.3 is 89.1 Å². The molecular weight excluding hydrogens is 239 g/mol. The zero-order chi connectivity index (χ0) is 7.15. The molecule has 0 heterocycles. The van der Waals surface area contributed by atoms with Crippen LogP contribution in [0, 0.1) is 30.6 Å². The summed E-state index contributed by atoms with van der Waals surface area (Å²) in [5.41, 5.74) is 0. The average molecular weight is 239 g/mol. The van der Waals surface area contributed by atoms with Crippen molar-refractivity contribution in [2.75, 3.05) is 0 Å². The molecule has 11 heavy (non-hydrogen) atoms. The summed E-state index contributed by atoms with van der Waals surface area (Å²) < 4.78 is 0. The molecule has 0 aliphatic carbocycles. The van der Waals surface area contributed by atoms with Crippen LogP contribution in [0.5, 0.6) is 0 Å². The third-order valence-electron chi connectivity index (χ3n) is 0. The minimum Gasteiger partial charge on any atom is -1.00 e. The van der Waals surface area contributed by atoms with Crippen molar-refractivity contribution in [1.29, 1.82) is 0 Å². The van der Waals surface area contributed by atoms with Gasteiger partial charge in [0.2, 0.25) is 0 Å². The minimum absolute atomic E-state index is 0. The number of hydrogen-bond acceptors (Lipinski definition) is 6. The Bertz CT molecular complexity index is 78.6. The van der Waals surface area contributed by atoms with Gasteiger partial charge in [-0.25, -0.2) is 0 Å². The normalized spacial score (nSPS) is 4.36. The Kier molecular flexibility index (Phi) is 60.2. The van der Waals surface area contributed by atoms with Crippen molar-refractivity contribution in [2.45, 2.75) is 0 Å². The van der Waals surface area contributed by atoms with Crippen LogP contribution in [-0.4, -0.2) is 47.9 Å². The Hall–Kier alpha value is 1.59. The number of hydrogen-bond donors (Lipinski definition) is 0. The van der Waals surface area contributed by atoms with Crippen LogP contribution in [0.2, 0.25) is 0 Å². The van der Waals surface area contributed by atoms with Gasteiger partial charge in [0.05, 0.1) is 10.2 Å². The van der Waals surface area contributed by atoms with Crippen LogP contribution in [0.15, 0.2) is 0 Å². The molecular formula is CaClKN2O6. The fraction of sp³-hybridized carbons (Fsp3) is 0. The van der Waals surface area contributed by atoms with E-state index in [1.54, 1.807) is 0 Å². The topological polar surface area (TPSA) is 132 Å². The molecule has 0 saturated carbocycles. The smallest absolute Gasteiger partial charge is 1.00 e. The van der Waals surface area contributed by atoms with Crippen molar-refractivity contribution in [3.63, 3.8) is 0 Å². The molecule has 0 unspecified atom stereocenters. The molecule has 0 radical (unpaired) electrons. The van der Waals surface area contributed by atoms with Crippen LogP contribution in [0.3, 0.4) is 0 Å². The fourth-order valence-corrected chi connectivity index (χ4v) is 0. The predicted molar refractivity (Wildman–Crippen MR) is 26.5 cm³/mol. The van der Waals surface area contributed by atoms with Gasteiger partial charge in [-0.1, -0.05) is 0 Å². The Labute approximate surface area is 139 Å². The van der Waals surface area contributed by atoms with Crippen molar-refractivity contribution < 1.29 is 74.0 Å². The molecule has 56 valence electrons. The van der Waals surface area contributed by atoms with Crippen molar-refractivity contribution in [3.8, 4) is 0 Å². The molecule has 0 aliphatic rings. The van der Waals surface area contributed by atoms with Crippen LogP contribution in [0.1, 0.15) is 0 Å². The molecule has 8 nitrogen and oxygen atoms in total. The third kappa shape index (κ3) is 423. The number of halogens is 1. The molecule has 0 spiro atoms. The van der Waals surface area contributed by atoms with Gasteiger partial charge in [-0.15, -0.1) is 0 Å². The summed E-state index contributed by atoms with van der Waals surface area (Å²) >= 11 is 0. The van der Waals surface area contributed by atoms with Crippen molar-refractivity contribution in [2.24, 2.45) is 0 Å². The maximum absolute atomic E-state index is 8.25. The summed E-state index contributed by atoms with van der Waals surface area (Å²) in [6.07, 6.45) is 0. The van der Waals surface area contributed by atoms with Crippen molar-refractivity contribution in [3.05, 3.63) is 30.6 Å². The summed E-state index contributed by atoms with van der Waals surface area (Å²) in [5.74, 6) is 0. The largest absolute Gasteiger partial charge is 2.00 e. The van der Waals surface area contributed by atoms with E-state index in [1.807, 2.05) is 0 Å². The molecule has 11 heteroatoms. The first-order valence-corrected chi connectivity index (χ1v) is 1.10. The number of rotatable bonds is 0. The molecule has 0 aromatic carbocycles. The summed E-state index contributed by atoms with van der Waals surface area (Å²) in [6, 6.07) is 0. The second kappa shape index (κ2) is 22.6. The van der Waals surface area contributed by atoms with E-state index in [9.17, 15) is 0 Å². The van der Waals surface area contributed by atoms with Gasteiger partial charge in [0.15, 0.2) is 0 Å². The monoisotopic (exact) mass is 238 g/mol. The molecule has 0 amide bonds. The Morgan fingerprint density at radius 3 is 0.818 bits per heavy atom. The van der Waals surface area contributed by atoms with Gasteiger partial charge in [0.25, 0.3) is 0 Å². The number of nitrogens with zero attached hydrogens (tertiary/aromatic N) is 2. The summed E-state index contributed by atoms with van der Waals surface area (Å²) in [6.45, 7) is 0. The maximum atomic E-state index is 8.25. The predicted octanol–water partition coefficient (Wildman–Crippen LogP) is -6.85. The maximum Gasteiger partial charge on any atom is 2.00 e. The first-order valence-electron chi connectivity index (χ1n) is 1.10. The quantitative estimate of drug-likeness (QED) is 0.234. The van der Waals surface area contributed by atoms with E-state index >= 15 is 0 Å². The summed E-state index contributed by atoms with van der Waals surface area (Å²) in [7, 11) is 0. The van der Waals surface area contributed by atoms with Gasteiger partial charge in [0, 0.05) is 0 Å². The zero-order valence-corrected chi connectivity index (χ0v) is 11.5. The van der Waals surface area contributed by atoms with Gasteiger partial charge in [0.1, 0.15) is 0 Å². The fourth-order valence-electron chi connectivity index (χ4n) is 0. The Balaban J connectivity index is -0.0000000171. The van der Waals surface area contributed by atoms with E-state index in [0.29, 0.717) is 0 Å². The minimum atomic E-state index is -1.75. The van der Waals surface area contributed by atoms with Crippen LogP contribution in [0.25, 0.3) is 0 Å². The van der Waals surface area contributed by atoms with Crippen LogP contribution in [0.4, 0.5) is 0 Å². The van der Waals surface area contributed by atoms with Crippen molar-refractivity contribution >= 4 is 37.7 Å². The Morgan fingerprint density at radius 2 is 0.818 bits per heavy atom. The molecule has 0 fully saturated rings. The van der Waals surface area contributed by atoms with Gasteiger partial charge in [-0.05, 0) is 0 Å². The van der Waals surface area contributed by atoms with Crippen LogP contribution >= 0.6 is 0 Å². The molecule has 0 N–H and O–H groups in total. The molecule has 0 aliphatic heterocycles. The first-order chi connectivity index (χ1) is 3.46. The molecule has 0 atom stereocenters. The second-order valence-electron chi connectivity index (χ2n) is 0.447. The summed E-state index contributed by atoms with van der Waals surface area (Å²) in [4.78, 5) is 16.5. The molecule has 0 aromatic rings. The van der Waals surface area contributed by atoms with E-state index in [0.717, 1.165) is 0 Å². The van der Waals surface area contributed by atoms with E-state index in [1.165, 1.54) is 0 Å².